The summed E-state index contributed by atoms with van der Waals surface area (Å²) >= 11 is 0. The maximum Gasteiger partial charge on any atom is 0.233 e. The normalized spacial score (nSPS) is 17.6. The first-order valence-electron chi connectivity index (χ1n) is 10.8. The fourth-order valence-corrected chi connectivity index (χ4v) is 4.45. The highest BCUT2D eigenvalue weighted by Gasteiger charge is 2.18. The molecule has 2 N–H and O–H groups in total. The van der Waals surface area contributed by atoms with Gasteiger partial charge in [-0.2, -0.15) is 0 Å². The molecular formula is C24H31N3O3S. The van der Waals surface area contributed by atoms with Crippen molar-refractivity contribution in [3.63, 3.8) is 0 Å². The van der Waals surface area contributed by atoms with Gasteiger partial charge in [0.05, 0.1) is 0 Å². The van der Waals surface area contributed by atoms with Gasteiger partial charge in [-0.3, -0.25) is 9.69 Å². The van der Waals surface area contributed by atoms with Crippen LogP contribution in [-0.2, 0) is 21.4 Å². The average Bonchev–Trinajstić information content (AvgIpc) is 2.76. The van der Waals surface area contributed by atoms with Crippen LogP contribution < -0.4 is 10.0 Å². The highest BCUT2D eigenvalue weighted by Crippen LogP contribution is 2.20. The zero-order valence-corrected chi connectivity index (χ0v) is 18.8. The number of nitrogens with one attached hydrogen (secondary N) is 2. The Kier molecular flexibility index (Phi) is 8.40. The van der Waals surface area contributed by atoms with E-state index in [0.29, 0.717) is 11.7 Å². The van der Waals surface area contributed by atoms with Crippen molar-refractivity contribution < 1.29 is 13.2 Å². The zero-order chi connectivity index (χ0) is 22.1. The van der Waals surface area contributed by atoms with Crippen LogP contribution in [0.15, 0.2) is 60.0 Å². The van der Waals surface area contributed by atoms with E-state index in [4.69, 9.17) is 0 Å². The lowest BCUT2D eigenvalue weighted by Crippen LogP contribution is -2.36. The van der Waals surface area contributed by atoms with Crippen molar-refractivity contribution in [1.29, 1.82) is 0 Å². The smallest absolute Gasteiger partial charge is 0.233 e. The van der Waals surface area contributed by atoms with Gasteiger partial charge in [-0.05, 0) is 55.6 Å². The molecule has 0 saturated carbocycles. The summed E-state index contributed by atoms with van der Waals surface area (Å²) in [6.45, 7) is 4.38. The molecule has 1 amide bonds. The monoisotopic (exact) mass is 441 g/mol. The Morgan fingerprint density at radius 3 is 2.55 bits per heavy atom. The largest absolute Gasteiger partial charge is 0.326 e. The molecule has 1 atom stereocenters. The minimum atomic E-state index is -3.59. The van der Waals surface area contributed by atoms with Gasteiger partial charge < -0.3 is 5.32 Å². The number of anilines is 1. The van der Waals surface area contributed by atoms with Gasteiger partial charge in [-0.25, -0.2) is 13.1 Å². The van der Waals surface area contributed by atoms with E-state index in [1.807, 2.05) is 54.6 Å². The molecule has 1 fully saturated rings. The quantitative estimate of drug-likeness (QED) is 0.617. The summed E-state index contributed by atoms with van der Waals surface area (Å²) in [6, 6.07) is 17.7. The van der Waals surface area contributed by atoms with E-state index in [1.54, 1.807) is 0 Å². The van der Waals surface area contributed by atoms with E-state index in [1.165, 1.54) is 30.9 Å². The Morgan fingerprint density at radius 1 is 1.10 bits per heavy atom. The first kappa shape index (κ1) is 23.2. The topological polar surface area (TPSA) is 78.5 Å². The van der Waals surface area contributed by atoms with Gasteiger partial charge >= 0.3 is 0 Å². The van der Waals surface area contributed by atoms with Gasteiger partial charge in [0.15, 0.2) is 0 Å². The number of benzene rings is 2. The maximum atomic E-state index is 12.2. The predicted molar refractivity (Wildman–Crippen MR) is 126 cm³/mol. The molecule has 3 rings (SSSR count). The minimum absolute atomic E-state index is 0.0399. The van der Waals surface area contributed by atoms with Crippen LogP contribution in [-0.4, -0.2) is 38.4 Å². The summed E-state index contributed by atoms with van der Waals surface area (Å²) in [7, 11) is -3.59. The third-order valence-electron chi connectivity index (χ3n) is 5.46. The van der Waals surface area contributed by atoms with E-state index in [0.717, 1.165) is 24.1 Å². The molecule has 1 heterocycles. The highest BCUT2D eigenvalue weighted by atomic mass is 32.2. The number of hydrogen-bond donors (Lipinski definition) is 2. The van der Waals surface area contributed by atoms with Crippen molar-refractivity contribution in [2.45, 2.75) is 45.2 Å². The molecule has 2 aromatic carbocycles. The number of rotatable bonds is 9. The summed E-state index contributed by atoms with van der Waals surface area (Å²) in [5.41, 5.74) is 2.74. The molecule has 1 unspecified atom stereocenters. The Morgan fingerprint density at radius 2 is 1.84 bits per heavy atom. The van der Waals surface area contributed by atoms with Crippen LogP contribution in [0.2, 0.25) is 0 Å². The molecule has 2 aromatic rings. The number of hydrogen-bond acceptors (Lipinski definition) is 4. The fourth-order valence-electron chi connectivity index (χ4n) is 3.63. The first-order valence-corrected chi connectivity index (χ1v) is 12.3. The number of carbonyl (C=O) groups excluding carboxylic acids is 1. The summed E-state index contributed by atoms with van der Waals surface area (Å²) < 4.78 is 26.5. The molecular weight excluding hydrogens is 410 g/mol. The molecule has 7 heteroatoms. The van der Waals surface area contributed by atoms with E-state index in [9.17, 15) is 13.2 Å². The molecule has 1 aliphatic rings. The van der Waals surface area contributed by atoms with E-state index in [2.05, 4.69) is 21.9 Å². The van der Waals surface area contributed by atoms with Crippen molar-refractivity contribution in [2.24, 2.45) is 0 Å². The van der Waals surface area contributed by atoms with Crippen LogP contribution in [0.4, 0.5) is 5.69 Å². The molecule has 1 aliphatic heterocycles. The van der Waals surface area contributed by atoms with Gasteiger partial charge in [0.1, 0.15) is 0 Å². The number of piperidine rings is 1. The van der Waals surface area contributed by atoms with E-state index < -0.39 is 10.0 Å². The number of sulfonamides is 1. The number of amides is 1. The van der Waals surface area contributed by atoms with Gasteiger partial charge in [0.25, 0.3) is 0 Å². The third-order valence-corrected chi connectivity index (χ3v) is 6.56. The zero-order valence-electron chi connectivity index (χ0n) is 18.0. The molecule has 0 bridgehead atoms. The molecule has 0 radical (unpaired) electrons. The minimum Gasteiger partial charge on any atom is -0.326 e. The maximum absolute atomic E-state index is 12.2. The van der Waals surface area contributed by atoms with E-state index in [-0.39, 0.29) is 18.9 Å². The van der Waals surface area contributed by atoms with Crippen LogP contribution in [0.1, 0.15) is 43.7 Å². The fraction of sp³-hybridized carbons (Fsp3) is 0.375. The first-order chi connectivity index (χ1) is 14.9. The second kappa shape index (κ2) is 11.2. The Balaban J connectivity index is 1.41. The second-order valence-corrected chi connectivity index (χ2v) is 9.61. The van der Waals surface area contributed by atoms with Crippen molar-refractivity contribution in [3.8, 4) is 0 Å². The average molecular weight is 442 g/mol. The summed E-state index contributed by atoms with van der Waals surface area (Å²) in [6.07, 6.45) is 5.40. The van der Waals surface area contributed by atoms with Crippen molar-refractivity contribution >= 4 is 27.7 Å². The molecule has 6 nitrogen and oxygen atoms in total. The summed E-state index contributed by atoms with van der Waals surface area (Å²) in [4.78, 5) is 14.6. The van der Waals surface area contributed by atoms with Gasteiger partial charge in [0, 0.05) is 36.6 Å². The van der Waals surface area contributed by atoms with Crippen LogP contribution in [0.5, 0.6) is 0 Å². The molecule has 1 saturated heterocycles. The number of nitrogens with zero attached hydrogens (tertiary/aromatic N) is 1. The van der Waals surface area contributed by atoms with Gasteiger partial charge in [-0.15, -0.1) is 0 Å². The third kappa shape index (κ3) is 7.94. The van der Waals surface area contributed by atoms with Crippen molar-refractivity contribution in [1.82, 2.24) is 9.62 Å². The van der Waals surface area contributed by atoms with Crippen LogP contribution in [0, 0.1) is 0 Å². The predicted octanol–water partition coefficient (Wildman–Crippen LogP) is 3.98. The second-order valence-electron chi connectivity index (χ2n) is 7.96. The molecule has 0 aromatic heterocycles. The van der Waals surface area contributed by atoms with Crippen molar-refractivity contribution in [2.75, 3.05) is 18.4 Å². The highest BCUT2D eigenvalue weighted by molar-refractivity contribution is 7.92. The molecule has 0 spiro atoms. The molecule has 31 heavy (non-hydrogen) atoms. The Hall–Kier alpha value is -2.48. The van der Waals surface area contributed by atoms with Crippen LogP contribution >= 0.6 is 0 Å². The lowest BCUT2D eigenvalue weighted by atomic mass is 10.0. The standard InChI is InChI=1S/C24H31N3O3S/c1-20-7-5-6-17-27(20)19-22-10-12-23(13-11-22)26-24(28)14-16-25-31(29,30)18-15-21-8-3-2-4-9-21/h2-4,8-13,15,18,20,25H,5-7,14,16-17,19H2,1H3,(H,26,28)/b18-15+. The lowest BCUT2D eigenvalue weighted by Gasteiger charge is -2.33. The van der Waals surface area contributed by atoms with Crippen molar-refractivity contribution in [3.05, 3.63) is 71.1 Å². The van der Waals surface area contributed by atoms with Crippen LogP contribution in [0.3, 0.4) is 0 Å². The van der Waals surface area contributed by atoms with Crippen LogP contribution in [0.25, 0.3) is 6.08 Å². The number of likely N-dealkylation sites (tertiary alicyclic amines) is 1. The van der Waals surface area contributed by atoms with E-state index >= 15 is 0 Å². The summed E-state index contributed by atoms with van der Waals surface area (Å²) in [5.74, 6) is -0.229. The molecule has 0 aliphatic carbocycles. The van der Waals surface area contributed by atoms with Gasteiger partial charge in [-0.1, -0.05) is 48.9 Å². The van der Waals surface area contributed by atoms with Gasteiger partial charge in [0.2, 0.25) is 15.9 Å². The number of carbonyl (C=O) groups is 1. The summed E-state index contributed by atoms with van der Waals surface area (Å²) in [5, 5.41) is 3.93. The Bertz CT molecular complexity index is 973. The SMILES string of the molecule is CC1CCCCN1Cc1ccc(NC(=O)CCNS(=O)(=O)/C=C/c2ccccc2)cc1. The molecule has 166 valence electrons. The Labute approximate surface area is 185 Å². The lowest BCUT2D eigenvalue weighted by molar-refractivity contribution is -0.116.